The number of pyridine rings is 1. The molecule has 0 fully saturated rings. The minimum atomic E-state index is 0.685. The summed E-state index contributed by atoms with van der Waals surface area (Å²) in [6.45, 7) is 0. The molecule has 0 saturated heterocycles. The molecule has 0 spiro atoms. The lowest BCUT2D eigenvalue weighted by atomic mass is 10.0. The fourth-order valence-electron chi connectivity index (χ4n) is 1.85. The Morgan fingerprint density at radius 1 is 1.06 bits per heavy atom. The van der Waals surface area contributed by atoms with Gasteiger partial charge in [-0.05, 0) is 40.8 Å². The van der Waals surface area contributed by atoms with Crippen LogP contribution in [0.2, 0.25) is 0 Å². The molecule has 0 unspecified atom stereocenters. The standard InChI is InChI=1S/C14H8N2S/c15-9-10-1-3-11(4-2-10)12-5-7-16-14-13(12)6-8-17-14/h1-8H. The normalized spacial score (nSPS) is 10.3. The summed E-state index contributed by atoms with van der Waals surface area (Å²) in [4.78, 5) is 5.38. The van der Waals surface area contributed by atoms with Crippen LogP contribution in [0.5, 0.6) is 0 Å². The molecule has 3 heteroatoms. The number of thiophene rings is 1. The molecule has 0 radical (unpaired) electrons. The van der Waals surface area contributed by atoms with Gasteiger partial charge in [-0.1, -0.05) is 12.1 Å². The molecule has 0 atom stereocenters. The van der Waals surface area contributed by atoms with Crippen LogP contribution in [0.15, 0.2) is 48.0 Å². The number of rotatable bonds is 1. The smallest absolute Gasteiger partial charge is 0.123 e. The maximum Gasteiger partial charge on any atom is 0.123 e. The predicted molar refractivity (Wildman–Crippen MR) is 69.8 cm³/mol. The number of nitriles is 1. The Hall–Kier alpha value is -2.18. The highest BCUT2D eigenvalue weighted by atomic mass is 32.1. The van der Waals surface area contributed by atoms with Gasteiger partial charge in [0.1, 0.15) is 4.83 Å². The number of nitrogens with zero attached hydrogens (tertiary/aromatic N) is 2. The Labute approximate surface area is 103 Å². The predicted octanol–water partition coefficient (Wildman–Crippen LogP) is 3.83. The van der Waals surface area contributed by atoms with E-state index in [1.54, 1.807) is 11.3 Å². The monoisotopic (exact) mass is 236 g/mol. The van der Waals surface area contributed by atoms with Gasteiger partial charge >= 0.3 is 0 Å². The lowest BCUT2D eigenvalue weighted by Gasteiger charge is -2.02. The molecule has 0 bridgehead atoms. The lowest BCUT2D eigenvalue weighted by Crippen LogP contribution is -1.81. The van der Waals surface area contributed by atoms with Gasteiger partial charge in [0, 0.05) is 11.6 Å². The molecule has 80 valence electrons. The molecule has 2 nitrogen and oxygen atoms in total. The molecule has 1 aromatic carbocycles. The molecule has 2 aromatic heterocycles. The van der Waals surface area contributed by atoms with Crippen molar-refractivity contribution in [2.24, 2.45) is 0 Å². The zero-order valence-corrected chi connectivity index (χ0v) is 9.74. The average Bonchev–Trinajstić information content (AvgIpc) is 2.87. The quantitative estimate of drug-likeness (QED) is 0.643. The highest BCUT2D eigenvalue weighted by Gasteiger charge is 2.05. The summed E-state index contributed by atoms with van der Waals surface area (Å²) < 4.78 is 0. The largest absolute Gasteiger partial charge is 0.245 e. The molecule has 0 amide bonds. The second-order valence-electron chi connectivity index (χ2n) is 3.69. The summed E-state index contributed by atoms with van der Waals surface area (Å²) in [6, 6.07) is 13.9. The van der Waals surface area contributed by atoms with Gasteiger partial charge in [-0.2, -0.15) is 5.26 Å². The average molecular weight is 236 g/mol. The lowest BCUT2D eigenvalue weighted by molar-refractivity contribution is 1.44. The topological polar surface area (TPSA) is 36.7 Å². The van der Waals surface area contributed by atoms with Crippen LogP contribution in [0.3, 0.4) is 0 Å². The zero-order valence-electron chi connectivity index (χ0n) is 8.92. The molecule has 3 rings (SSSR count). The van der Waals surface area contributed by atoms with Crippen LogP contribution in [0.4, 0.5) is 0 Å². The highest BCUT2D eigenvalue weighted by molar-refractivity contribution is 7.16. The molecule has 3 aromatic rings. The first-order valence-electron chi connectivity index (χ1n) is 5.21. The van der Waals surface area contributed by atoms with Crippen molar-refractivity contribution in [3.8, 4) is 17.2 Å². The minimum Gasteiger partial charge on any atom is -0.245 e. The van der Waals surface area contributed by atoms with E-state index in [4.69, 9.17) is 5.26 Å². The summed E-state index contributed by atoms with van der Waals surface area (Å²) in [5.41, 5.74) is 2.97. The van der Waals surface area contributed by atoms with Crippen molar-refractivity contribution in [2.45, 2.75) is 0 Å². The van der Waals surface area contributed by atoms with Gasteiger partial charge in [-0.25, -0.2) is 4.98 Å². The van der Waals surface area contributed by atoms with Gasteiger partial charge in [-0.3, -0.25) is 0 Å². The Morgan fingerprint density at radius 3 is 2.65 bits per heavy atom. The summed E-state index contributed by atoms with van der Waals surface area (Å²) in [5, 5.41) is 12.0. The van der Waals surface area contributed by atoms with E-state index in [9.17, 15) is 0 Å². The van der Waals surface area contributed by atoms with Crippen LogP contribution >= 0.6 is 11.3 Å². The number of hydrogen-bond acceptors (Lipinski definition) is 3. The minimum absolute atomic E-state index is 0.685. The second-order valence-corrected chi connectivity index (χ2v) is 4.58. The summed E-state index contributed by atoms with van der Waals surface area (Å²) in [6.07, 6.45) is 1.83. The van der Waals surface area contributed by atoms with Crippen LogP contribution < -0.4 is 0 Å². The molecule has 0 aliphatic heterocycles. The molecule has 0 N–H and O–H groups in total. The number of hydrogen-bond donors (Lipinski definition) is 0. The third-order valence-corrected chi connectivity index (χ3v) is 3.51. The third kappa shape index (κ3) is 1.69. The number of aromatic nitrogens is 1. The van der Waals surface area contributed by atoms with Crippen LogP contribution in [0.25, 0.3) is 21.3 Å². The van der Waals surface area contributed by atoms with Crippen molar-refractivity contribution in [3.63, 3.8) is 0 Å². The van der Waals surface area contributed by atoms with E-state index in [2.05, 4.69) is 17.1 Å². The fourth-order valence-corrected chi connectivity index (χ4v) is 2.61. The van der Waals surface area contributed by atoms with Crippen molar-refractivity contribution >= 4 is 21.6 Å². The maximum absolute atomic E-state index is 8.78. The maximum atomic E-state index is 8.78. The van der Waals surface area contributed by atoms with E-state index < -0.39 is 0 Å². The Balaban J connectivity index is 2.20. The first-order chi connectivity index (χ1) is 8.38. The van der Waals surface area contributed by atoms with Crippen LogP contribution in [-0.4, -0.2) is 4.98 Å². The molecular formula is C14H8N2S. The van der Waals surface area contributed by atoms with Gasteiger partial charge in [0.25, 0.3) is 0 Å². The van der Waals surface area contributed by atoms with Crippen molar-refractivity contribution in [1.29, 1.82) is 5.26 Å². The van der Waals surface area contributed by atoms with Gasteiger partial charge in [0.15, 0.2) is 0 Å². The molecule has 0 aliphatic carbocycles. The molecule has 0 aliphatic rings. The fraction of sp³-hybridized carbons (Fsp3) is 0. The Morgan fingerprint density at radius 2 is 1.88 bits per heavy atom. The zero-order chi connectivity index (χ0) is 11.7. The van der Waals surface area contributed by atoms with Gasteiger partial charge < -0.3 is 0 Å². The summed E-state index contributed by atoms with van der Waals surface area (Å²) >= 11 is 1.64. The molecule has 0 saturated carbocycles. The van der Waals surface area contributed by atoms with Gasteiger partial charge in [-0.15, -0.1) is 11.3 Å². The third-order valence-electron chi connectivity index (χ3n) is 2.69. The van der Waals surface area contributed by atoms with E-state index in [1.807, 2.05) is 41.9 Å². The van der Waals surface area contributed by atoms with Crippen LogP contribution in [0, 0.1) is 11.3 Å². The van der Waals surface area contributed by atoms with E-state index >= 15 is 0 Å². The molecule has 17 heavy (non-hydrogen) atoms. The molecular weight excluding hydrogens is 228 g/mol. The van der Waals surface area contributed by atoms with Crippen molar-refractivity contribution in [1.82, 2.24) is 4.98 Å². The first-order valence-corrected chi connectivity index (χ1v) is 6.09. The van der Waals surface area contributed by atoms with E-state index in [-0.39, 0.29) is 0 Å². The summed E-state index contributed by atoms with van der Waals surface area (Å²) in [5.74, 6) is 0. The molecule has 2 heterocycles. The van der Waals surface area contributed by atoms with Gasteiger partial charge in [0.05, 0.1) is 11.6 Å². The number of fused-ring (bicyclic) bond motifs is 1. The first kappa shape index (κ1) is 10.0. The van der Waals surface area contributed by atoms with Crippen molar-refractivity contribution in [2.75, 3.05) is 0 Å². The van der Waals surface area contributed by atoms with E-state index in [1.165, 1.54) is 10.9 Å². The second kappa shape index (κ2) is 4.00. The van der Waals surface area contributed by atoms with Gasteiger partial charge in [0.2, 0.25) is 0 Å². The summed E-state index contributed by atoms with van der Waals surface area (Å²) in [7, 11) is 0. The highest BCUT2D eigenvalue weighted by Crippen LogP contribution is 2.30. The Bertz CT molecular complexity index is 705. The van der Waals surface area contributed by atoms with E-state index in [0.717, 1.165) is 10.4 Å². The number of benzene rings is 1. The van der Waals surface area contributed by atoms with Crippen LogP contribution in [-0.2, 0) is 0 Å². The van der Waals surface area contributed by atoms with Crippen molar-refractivity contribution < 1.29 is 0 Å². The Kier molecular flexibility index (Phi) is 2.36. The van der Waals surface area contributed by atoms with Crippen LogP contribution in [0.1, 0.15) is 5.56 Å². The van der Waals surface area contributed by atoms with E-state index in [0.29, 0.717) is 5.56 Å². The SMILES string of the molecule is N#Cc1ccc(-c2ccnc3sccc23)cc1. The van der Waals surface area contributed by atoms with Crippen molar-refractivity contribution in [3.05, 3.63) is 53.5 Å².